The average Bonchev–Trinajstić information content (AvgIpc) is 2.68. The molecule has 1 fully saturated rings. The largest absolute Gasteiger partial charge is 0.478 e. The first-order valence-corrected chi connectivity index (χ1v) is 8.59. The lowest BCUT2D eigenvalue weighted by Gasteiger charge is -2.26. The van der Waals surface area contributed by atoms with Gasteiger partial charge in [0, 0.05) is 24.3 Å². The highest BCUT2D eigenvalue weighted by molar-refractivity contribution is 6.11. The first kappa shape index (κ1) is 17.7. The van der Waals surface area contributed by atoms with Crippen molar-refractivity contribution in [3.05, 3.63) is 65.2 Å². The van der Waals surface area contributed by atoms with Crippen molar-refractivity contribution in [3.8, 4) is 0 Å². The number of benzene rings is 2. The molecule has 134 valence electrons. The molecule has 0 aromatic heterocycles. The molecular formula is C20H20N2O4. The molecule has 0 unspecified atom stereocenters. The zero-order valence-electron chi connectivity index (χ0n) is 14.3. The van der Waals surface area contributed by atoms with Gasteiger partial charge < -0.3 is 15.3 Å². The number of carbonyl (C=O) groups is 3. The second-order valence-corrected chi connectivity index (χ2v) is 6.24. The van der Waals surface area contributed by atoms with Crippen LogP contribution in [0, 0.1) is 0 Å². The van der Waals surface area contributed by atoms with E-state index in [0.717, 1.165) is 32.4 Å². The number of hydrogen-bond donors (Lipinski definition) is 2. The van der Waals surface area contributed by atoms with E-state index >= 15 is 0 Å². The van der Waals surface area contributed by atoms with E-state index in [1.54, 1.807) is 36.4 Å². The Morgan fingerprint density at radius 3 is 2.27 bits per heavy atom. The Morgan fingerprint density at radius 1 is 0.885 bits per heavy atom. The standard InChI is InChI=1S/C20H20N2O4/c23-18(16-9-2-3-10-17(16)20(25)26)21-15-8-6-7-14(13-15)19(24)22-11-4-1-5-12-22/h2-3,6-10,13H,1,4-5,11-12H2,(H,21,23)(H,25,26). The van der Waals surface area contributed by atoms with Crippen molar-refractivity contribution in [2.45, 2.75) is 19.3 Å². The minimum Gasteiger partial charge on any atom is -0.478 e. The van der Waals surface area contributed by atoms with Crippen LogP contribution in [-0.2, 0) is 0 Å². The van der Waals surface area contributed by atoms with Gasteiger partial charge in [0.15, 0.2) is 0 Å². The summed E-state index contributed by atoms with van der Waals surface area (Å²) in [6.07, 6.45) is 3.16. The number of carbonyl (C=O) groups excluding carboxylic acids is 2. The minimum absolute atomic E-state index is 0.0493. The van der Waals surface area contributed by atoms with Gasteiger partial charge in [-0.2, -0.15) is 0 Å². The molecule has 0 saturated carbocycles. The van der Waals surface area contributed by atoms with Crippen molar-refractivity contribution >= 4 is 23.5 Å². The maximum Gasteiger partial charge on any atom is 0.336 e. The fraction of sp³-hybridized carbons (Fsp3) is 0.250. The van der Waals surface area contributed by atoms with Crippen molar-refractivity contribution in [3.63, 3.8) is 0 Å². The summed E-state index contributed by atoms with van der Waals surface area (Å²) >= 11 is 0. The molecule has 2 aromatic carbocycles. The van der Waals surface area contributed by atoms with E-state index < -0.39 is 11.9 Å². The third kappa shape index (κ3) is 3.91. The first-order valence-electron chi connectivity index (χ1n) is 8.59. The van der Waals surface area contributed by atoms with E-state index in [1.165, 1.54) is 12.1 Å². The Kier molecular flexibility index (Phi) is 5.31. The Morgan fingerprint density at radius 2 is 1.58 bits per heavy atom. The molecule has 2 N–H and O–H groups in total. The van der Waals surface area contributed by atoms with Gasteiger partial charge in [0.2, 0.25) is 0 Å². The lowest BCUT2D eigenvalue weighted by Crippen LogP contribution is -2.35. The fourth-order valence-electron chi connectivity index (χ4n) is 3.08. The second-order valence-electron chi connectivity index (χ2n) is 6.24. The zero-order chi connectivity index (χ0) is 18.5. The molecule has 1 heterocycles. The van der Waals surface area contributed by atoms with Gasteiger partial charge in [0.25, 0.3) is 11.8 Å². The molecule has 2 amide bonds. The van der Waals surface area contributed by atoms with Crippen LogP contribution in [0.2, 0.25) is 0 Å². The van der Waals surface area contributed by atoms with Gasteiger partial charge in [-0.3, -0.25) is 9.59 Å². The van der Waals surface area contributed by atoms with Gasteiger partial charge in [-0.25, -0.2) is 4.79 Å². The Balaban J connectivity index is 1.77. The predicted octanol–water partition coefficient (Wildman–Crippen LogP) is 3.26. The summed E-state index contributed by atoms with van der Waals surface area (Å²) < 4.78 is 0. The summed E-state index contributed by atoms with van der Waals surface area (Å²) in [6, 6.07) is 12.7. The topological polar surface area (TPSA) is 86.7 Å². The van der Waals surface area contributed by atoms with Crippen molar-refractivity contribution in [1.82, 2.24) is 4.90 Å². The Labute approximate surface area is 151 Å². The monoisotopic (exact) mass is 352 g/mol. The fourth-order valence-corrected chi connectivity index (χ4v) is 3.08. The number of hydrogen-bond acceptors (Lipinski definition) is 3. The number of carboxylic acids is 1. The third-order valence-electron chi connectivity index (χ3n) is 4.41. The molecule has 2 aromatic rings. The van der Waals surface area contributed by atoms with E-state index in [1.807, 2.05) is 4.90 Å². The van der Waals surface area contributed by atoms with E-state index in [-0.39, 0.29) is 17.0 Å². The lowest BCUT2D eigenvalue weighted by atomic mass is 10.1. The number of likely N-dealkylation sites (tertiary alicyclic amines) is 1. The Hall–Kier alpha value is -3.15. The number of anilines is 1. The lowest BCUT2D eigenvalue weighted by molar-refractivity contribution is 0.0690. The van der Waals surface area contributed by atoms with Crippen LogP contribution in [-0.4, -0.2) is 40.9 Å². The Bertz CT molecular complexity index is 841. The van der Waals surface area contributed by atoms with Gasteiger partial charge in [0.1, 0.15) is 0 Å². The van der Waals surface area contributed by atoms with Crippen molar-refractivity contribution < 1.29 is 19.5 Å². The normalized spacial score (nSPS) is 13.9. The number of piperidine rings is 1. The minimum atomic E-state index is -1.16. The smallest absolute Gasteiger partial charge is 0.336 e. The van der Waals surface area contributed by atoms with E-state index in [0.29, 0.717) is 11.3 Å². The summed E-state index contributed by atoms with van der Waals surface area (Å²) in [7, 11) is 0. The average molecular weight is 352 g/mol. The highest BCUT2D eigenvalue weighted by Gasteiger charge is 2.19. The molecule has 0 radical (unpaired) electrons. The summed E-state index contributed by atoms with van der Waals surface area (Å²) in [5, 5.41) is 11.9. The number of rotatable bonds is 4. The van der Waals surface area contributed by atoms with Crippen molar-refractivity contribution in [1.29, 1.82) is 0 Å². The van der Waals surface area contributed by atoms with Crippen LogP contribution in [0.3, 0.4) is 0 Å². The molecule has 0 spiro atoms. The maximum atomic E-state index is 12.6. The highest BCUT2D eigenvalue weighted by atomic mass is 16.4. The summed E-state index contributed by atoms with van der Waals surface area (Å²) in [4.78, 5) is 38.1. The van der Waals surface area contributed by atoms with Crippen LogP contribution in [0.1, 0.15) is 50.3 Å². The molecule has 1 aliphatic rings. The summed E-state index contributed by atoms with van der Waals surface area (Å²) in [5.74, 6) is -1.73. The van der Waals surface area contributed by atoms with E-state index in [4.69, 9.17) is 0 Å². The molecule has 0 bridgehead atoms. The zero-order valence-corrected chi connectivity index (χ0v) is 14.3. The van der Waals surface area contributed by atoms with Crippen molar-refractivity contribution in [2.24, 2.45) is 0 Å². The van der Waals surface area contributed by atoms with Crippen LogP contribution in [0.5, 0.6) is 0 Å². The van der Waals surface area contributed by atoms with Gasteiger partial charge in [-0.05, 0) is 49.6 Å². The number of aromatic carboxylic acids is 1. The number of nitrogens with zero attached hydrogens (tertiary/aromatic N) is 1. The molecule has 26 heavy (non-hydrogen) atoms. The van der Waals surface area contributed by atoms with Crippen LogP contribution in [0.25, 0.3) is 0 Å². The number of carboxylic acid groups (broad SMARTS) is 1. The van der Waals surface area contributed by atoms with Gasteiger partial charge >= 0.3 is 5.97 Å². The van der Waals surface area contributed by atoms with E-state index in [9.17, 15) is 19.5 Å². The SMILES string of the molecule is O=C(O)c1ccccc1C(=O)Nc1cccc(C(=O)N2CCCCC2)c1. The number of nitrogens with one attached hydrogen (secondary N) is 1. The molecule has 6 heteroatoms. The van der Waals surface area contributed by atoms with Gasteiger partial charge in [-0.1, -0.05) is 18.2 Å². The second kappa shape index (κ2) is 7.82. The first-order chi connectivity index (χ1) is 12.6. The van der Waals surface area contributed by atoms with E-state index in [2.05, 4.69) is 5.32 Å². The molecular weight excluding hydrogens is 332 g/mol. The maximum absolute atomic E-state index is 12.6. The van der Waals surface area contributed by atoms with Crippen LogP contribution < -0.4 is 5.32 Å². The quantitative estimate of drug-likeness (QED) is 0.884. The molecule has 6 nitrogen and oxygen atoms in total. The third-order valence-corrected chi connectivity index (χ3v) is 4.41. The van der Waals surface area contributed by atoms with Gasteiger partial charge in [-0.15, -0.1) is 0 Å². The highest BCUT2D eigenvalue weighted by Crippen LogP contribution is 2.18. The van der Waals surface area contributed by atoms with Crippen molar-refractivity contribution in [2.75, 3.05) is 18.4 Å². The van der Waals surface area contributed by atoms with Crippen LogP contribution in [0.15, 0.2) is 48.5 Å². The predicted molar refractivity (Wildman–Crippen MR) is 97.6 cm³/mol. The summed E-state index contributed by atoms with van der Waals surface area (Å²) in [5.41, 5.74) is 0.979. The van der Waals surface area contributed by atoms with Gasteiger partial charge in [0.05, 0.1) is 11.1 Å². The molecule has 1 saturated heterocycles. The molecule has 0 atom stereocenters. The molecule has 1 aliphatic heterocycles. The van der Waals surface area contributed by atoms with Crippen LogP contribution in [0.4, 0.5) is 5.69 Å². The molecule has 0 aliphatic carbocycles. The summed E-state index contributed by atoms with van der Waals surface area (Å²) in [6.45, 7) is 1.50. The van der Waals surface area contributed by atoms with Crippen LogP contribution >= 0.6 is 0 Å². The molecule has 3 rings (SSSR count). The number of amides is 2.